The summed E-state index contributed by atoms with van der Waals surface area (Å²) in [5, 5.41) is 1.10. The SMILES string of the molecule is Cc1ccc(N2c3ccccc3Sc3ccccc32)c2nc(-c3ccc(S(C)(=O)=O)cc3)cc(-c3ccccc3)c12. The van der Waals surface area contributed by atoms with Crippen LogP contribution >= 0.6 is 11.8 Å². The molecule has 0 spiro atoms. The summed E-state index contributed by atoms with van der Waals surface area (Å²) >= 11 is 1.78. The monoisotopic (exact) mass is 570 g/mol. The first-order valence-corrected chi connectivity index (χ1v) is 16.1. The fourth-order valence-corrected chi connectivity index (χ4v) is 7.19. The minimum absolute atomic E-state index is 0.292. The van der Waals surface area contributed by atoms with Crippen molar-refractivity contribution in [3.8, 4) is 22.4 Å². The van der Waals surface area contributed by atoms with E-state index in [4.69, 9.17) is 4.98 Å². The average molecular weight is 571 g/mol. The molecule has 6 heteroatoms. The van der Waals surface area contributed by atoms with E-state index in [0.29, 0.717) is 4.90 Å². The van der Waals surface area contributed by atoms with Gasteiger partial charge in [0.25, 0.3) is 0 Å². The van der Waals surface area contributed by atoms with Gasteiger partial charge >= 0.3 is 0 Å². The minimum Gasteiger partial charge on any atom is -0.306 e. The number of nitrogens with zero attached hydrogens (tertiary/aromatic N) is 2. The first kappa shape index (κ1) is 25.6. The second-order valence-corrected chi connectivity index (χ2v) is 13.3. The Bertz CT molecular complexity index is 2010. The molecular formula is C35H26N2O2S2. The molecule has 0 unspecified atom stereocenters. The van der Waals surface area contributed by atoms with Gasteiger partial charge < -0.3 is 4.90 Å². The van der Waals surface area contributed by atoms with Crippen molar-refractivity contribution in [3.05, 3.63) is 127 Å². The number of aryl methyl sites for hydroxylation is 1. The molecular weight excluding hydrogens is 545 g/mol. The van der Waals surface area contributed by atoms with Crippen LogP contribution in [0.4, 0.5) is 17.1 Å². The van der Waals surface area contributed by atoms with Gasteiger partial charge in [0, 0.05) is 27.0 Å². The van der Waals surface area contributed by atoms with Crippen LogP contribution < -0.4 is 4.90 Å². The molecule has 200 valence electrons. The third-order valence-corrected chi connectivity index (χ3v) is 9.74. The van der Waals surface area contributed by atoms with E-state index in [1.54, 1.807) is 23.9 Å². The highest BCUT2D eigenvalue weighted by atomic mass is 32.2. The Morgan fingerprint density at radius 1 is 0.659 bits per heavy atom. The smallest absolute Gasteiger partial charge is 0.175 e. The quantitative estimate of drug-likeness (QED) is 0.211. The standard InChI is InChI=1S/C35H26N2O2S2/c1-23-16-21-31(37-29-12-6-8-14-32(29)40-33-15-9-7-13-30(33)37)35-34(23)27(24-10-4-3-5-11-24)22-28(36-35)25-17-19-26(20-18-25)41(2,38)39/h3-22H,1-2H3. The molecule has 4 nitrogen and oxygen atoms in total. The molecule has 41 heavy (non-hydrogen) atoms. The average Bonchev–Trinajstić information content (AvgIpc) is 3.00. The molecule has 0 saturated carbocycles. The van der Waals surface area contributed by atoms with Crippen LogP contribution in [0.15, 0.2) is 136 Å². The zero-order chi connectivity index (χ0) is 28.1. The molecule has 5 aromatic carbocycles. The van der Waals surface area contributed by atoms with Crippen LogP contribution in [0.2, 0.25) is 0 Å². The fourth-order valence-electron chi connectivity index (χ4n) is 5.51. The van der Waals surface area contributed by atoms with Crippen molar-refractivity contribution in [1.29, 1.82) is 0 Å². The van der Waals surface area contributed by atoms with Gasteiger partial charge in [-0.2, -0.15) is 0 Å². The maximum Gasteiger partial charge on any atom is 0.175 e. The second-order valence-electron chi connectivity index (χ2n) is 10.2. The Balaban J connectivity index is 1.55. The topological polar surface area (TPSA) is 50.3 Å². The lowest BCUT2D eigenvalue weighted by Gasteiger charge is -2.33. The zero-order valence-electron chi connectivity index (χ0n) is 22.6. The molecule has 7 rings (SSSR count). The van der Waals surface area contributed by atoms with Gasteiger partial charge in [0.15, 0.2) is 9.84 Å². The first-order valence-electron chi connectivity index (χ1n) is 13.3. The van der Waals surface area contributed by atoms with Crippen LogP contribution in [0.5, 0.6) is 0 Å². The molecule has 0 aliphatic carbocycles. The van der Waals surface area contributed by atoms with Crippen LogP contribution in [0.1, 0.15) is 5.56 Å². The number of para-hydroxylation sites is 2. The van der Waals surface area contributed by atoms with Crippen molar-refractivity contribution >= 4 is 49.6 Å². The Kier molecular flexibility index (Phi) is 6.18. The van der Waals surface area contributed by atoms with Crippen molar-refractivity contribution in [2.75, 3.05) is 11.2 Å². The summed E-state index contributed by atoms with van der Waals surface area (Å²) < 4.78 is 24.3. The number of pyridine rings is 1. The molecule has 0 bridgehead atoms. The van der Waals surface area contributed by atoms with Gasteiger partial charge in [0.1, 0.15) is 0 Å². The maximum atomic E-state index is 12.1. The van der Waals surface area contributed by atoms with Crippen molar-refractivity contribution < 1.29 is 8.42 Å². The minimum atomic E-state index is -3.30. The lowest BCUT2D eigenvalue weighted by molar-refractivity contribution is 0.602. The third-order valence-electron chi connectivity index (χ3n) is 7.48. The number of hydrogen-bond acceptors (Lipinski definition) is 5. The van der Waals surface area contributed by atoms with Crippen LogP contribution in [0.25, 0.3) is 33.3 Å². The van der Waals surface area contributed by atoms with Gasteiger partial charge in [-0.25, -0.2) is 13.4 Å². The van der Waals surface area contributed by atoms with Gasteiger partial charge in [-0.3, -0.25) is 0 Å². The van der Waals surface area contributed by atoms with E-state index in [1.165, 1.54) is 16.0 Å². The number of hydrogen-bond donors (Lipinski definition) is 0. The Hall–Kier alpha value is -4.39. The van der Waals surface area contributed by atoms with Crippen molar-refractivity contribution in [2.24, 2.45) is 0 Å². The Morgan fingerprint density at radius 3 is 1.90 bits per heavy atom. The normalized spacial score (nSPS) is 12.7. The Morgan fingerprint density at radius 2 is 1.27 bits per heavy atom. The summed E-state index contributed by atoms with van der Waals surface area (Å²) in [5.74, 6) is 0. The third kappa shape index (κ3) is 4.49. The number of fused-ring (bicyclic) bond motifs is 3. The molecule has 0 N–H and O–H groups in total. The van der Waals surface area contributed by atoms with E-state index < -0.39 is 9.84 Å². The van der Waals surface area contributed by atoms with E-state index in [2.05, 4.69) is 103 Å². The number of aromatic nitrogens is 1. The number of sulfone groups is 1. The highest BCUT2D eigenvalue weighted by Gasteiger charge is 2.27. The van der Waals surface area contributed by atoms with E-state index in [1.807, 2.05) is 18.2 Å². The molecule has 0 amide bonds. The van der Waals surface area contributed by atoms with E-state index in [-0.39, 0.29) is 0 Å². The summed E-state index contributed by atoms with van der Waals surface area (Å²) in [6, 6.07) is 40.8. The fraction of sp³-hybridized carbons (Fsp3) is 0.0571. The lowest BCUT2D eigenvalue weighted by Crippen LogP contribution is -2.15. The van der Waals surface area contributed by atoms with E-state index in [9.17, 15) is 8.42 Å². The van der Waals surface area contributed by atoms with Crippen LogP contribution in [0, 0.1) is 6.92 Å². The maximum absolute atomic E-state index is 12.1. The largest absolute Gasteiger partial charge is 0.306 e. The van der Waals surface area contributed by atoms with Gasteiger partial charge in [0.2, 0.25) is 0 Å². The highest BCUT2D eigenvalue weighted by Crippen LogP contribution is 2.53. The molecule has 1 aromatic heterocycles. The molecule has 2 heterocycles. The number of anilines is 3. The molecule has 0 atom stereocenters. The Labute approximate surface area is 244 Å². The van der Waals surface area contributed by atoms with Crippen molar-refractivity contribution in [2.45, 2.75) is 21.6 Å². The number of benzene rings is 5. The molecule has 0 radical (unpaired) electrons. The zero-order valence-corrected chi connectivity index (χ0v) is 24.2. The first-order chi connectivity index (χ1) is 19.9. The lowest BCUT2D eigenvalue weighted by atomic mass is 9.94. The van der Waals surface area contributed by atoms with Gasteiger partial charge in [-0.15, -0.1) is 0 Å². The van der Waals surface area contributed by atoms with Crippen LogP contribution in [-0.2, 0) is 9.84 Å². The van der Waals surface area contributed by atoms with Gasteiger partial charge in [-0.1, -0.05) is 84.6 Å². The van der Waals surface area contributed by atoms with E-state index in [0.717, 1.165) is 55.9 Å². The number of rotatable bonds is 4. The molecule has 0 fully saturated rings. The summed E-state index contributed by atoms with van der Waals surface area (Å²) in [4.78, 5) is 10.3. The summed E-state index contributed by atoms with van der Waals surface area (Å²) in [7, 11) is -3.30. The molecule has 6 aromatic rings. The van der Waals surface area contributed by atoms with Crippen molar-refractivity contribution in [1.82, 2.24) is 4.98 Å². The van der Waals surface area contributed by atoms with Gasteiger partial charge in [0.05, 0.1) is 33.2 Å². The van der Waals surface area contributed by atoms with E-state index >= 15 is 0 Å². The van der Waals surface area contributed by atoms with Crippen molar-refractivity contribution in [3.63, 3.8) is 0 Å². The molecule has 1 aliphatic heterocycles. The molecule has 0 saturated heterocycles. The summed E-state index contributed by atoms with van der Waals surface area (Å²) in [6.45, 7) is 2.13. The highest BCUT2D eigenvalue weighted by molar-refractivity contribution is 7.99. The van der Waals surface area contributed by atoms with Crippen LogP contribution in [0.3, 0.4) is 0 Å². The predicted octanol–water partition coefficient (Wildman–Crippen LogP) is 9.22. The van der Waals surface area contributed by atoms with Gasteiger partial charge in [-0.05, 0) is 72.1 Å². The summed E-state index contributed by atoms with van der Waals surface area (Å²) in [5.41, 5.74) is 9.11. The predicted molar refractivity (Wildman–Crippen MR) is 169 cm³/mol. The second kappa shape index (κ2) is 9.91. The summed E-state index contributed by atoms with van der Waals surface area (Å²) in [6.07, 6.45) is 1.23. The van der Waals surface area contributed by atoms with Crippen LogP contribution in [-0.4, -0.2) is 19.7 Å². The molecule has 1 aliphatic rings.